The molecule has 2 nitrogen and oxygen atoms in total. The van der Waals surface area contributed by atoms with Gasteiger partial charge in [-0.1, -0.05) is 79.9 Å². The molecule has 0 amide bonds. The van der Waals surface area contributed by atoms with Gasteiger partial charge in [-0.3, -0.25) is 4.31 Å². The van der Waals surface area contributed by atoms with Crippen molar-refractivity contribution in [3.8, 4) is 0 Å². The predicted octanol–water partition coefficient (Wildman–Crippen LogP) is 6.01. The lowest BCUT2D eigenvalue weighted by molar-refractivity contribution is 0.616. The number of anilines is 1. The number of nitrogens with zero attached hydrogens (tertiary/aromatic N) is 1. The summed E-state index contributed by atoms with van der Waals surface area (Å²) in [6, 6.07) is 25.5. The third-order valence-corrected chi connectivity index (χ3v) is 5.43. The highest BCUT2D eigenvalue weighted by Gasteiger charge is 2.24. The second-order valence-corrected chi connectivity index (χ2v) is 7.23. The van der Waals surface area contributed by atoms with Crippen molar-refractivity contribution in [2.75, 3.05) is 4.31 Å². The first-order chi connectivity index (χ1) is 12.2. The van der Waals surface area contributed by atoms with E-state index in [1.807, 2.05) is 6.07 Å². The van der Waals surface area contributed by atoms with Crippen molar-refractivity contribution in [1.82, 2.24) is 5.32 Å². The molecule has 0 aliphatic carbocycles. The summed E-state index contributed by atoms with van der Waals surface area (Å²) in [6.07, 6.45) is 0.833. The van der Waals surface area contributed by atoms with Gasteiger partial charge in [-0.2, -0.15) is 0 Å². The van der Waals surface area contributed by atoms with E-state index in [-0.39, 0.29) is 6.04 Å². The molecule has 0 spiro atoms. The van der Waals surface area contributed by atoms with Gasteiger partial charge < -0.3 is 5.32 Å². The van der Waals surface area contributed by atoms with Crippen molar-refractivity contribution >= 4 is 28.4 Å². The Morgan fingerprint density at radius 2 is 1.60 bits per heavy atom. The van der Waals surface area contributed by atoms with Gasteiger partial charge in [-0.05, 0) is 17.0 Å². The molecule has 1 aliphatic rings. The van der Waals surface area contributed by atoms with E-state index in [4.69, 9.17) is 0 Å². The molecule has 124 valence electrons. The van der Waals surface area contributed by atoms with Crippen LogP contribution >= 0.6 is 11.9 Å². The van der Waals surface area contributed by atoms with Crippen LogP contribution in [0.4, 0.5) is 5.69 Å². The maximum Gasteiger partial charge on any atom is 0.0829 e. The molecule has 3 aromatic carbocycles. The van der Waals surface area contributed by atoms with E-state index in [9.17, 15) is 0 Å². The summed E-state index contributed by atoms with van der Waals surface area (Å²) < 4.78 is 2.21. The van der Waals surface area contributed by atoms with E-state index >= 15 is 0 Å². The fourth-order valence-electron chi connectivity index (χ4n) is 3.26. The highest BCUT2D eigenvalue weighted by Crippen LogP contribution is 2.41. The van der Waals surface area contributed by atoms with Crippen LogP contribution in [0.25, 0.3) is 10.8 Å². The topological polar surface area (TPSA) is 15.3 Å². The molecule has 1 aliphatic heterocycles. The summed E-state index contributed by atoms with van der Waals surface area (Å²) in [4.78, 5) is 0. The maximum atomic E-state index is 4.37. The van der Waals surface area contributed by atoms with E-state index in [1.165, 1.54) is 16.3 Å². The quantitative estimate of drug-likeness (QED) is 0.573. The molecule has 1 saturated heterocycles. The van der Waals surface area contributed by atoms with E-state index in [0.29, 0.717) is 0 Å². The van der Waals surface area contributed by atoms with Gasteiger partial charge in [0.1, 0.15) is 0 Å². The summed E-state index contributed by atoms with van der Waals surface area (Å²) in [6.45, 7) is 8.58. The smallest absolute Gasteiger partial charge is 0.0829 e. The average Bonchev–Trinajstić information content (AvgIpc) is 2.80. The van der Waals surface area contributed by atoms with Crippen LogP contribution in [-0.4, -0.2) is 0 Å². The zero-order valence-corrected chi connectivity index (χ0v) is 14.8. The van der Waals surface area contributed by atoms with Crippen molar-refractivity contribution in [3.63, 3.8) is 0 Å². The van der Waals surface area contributed by atoms with Gasteiger partial charge >= 0.3 is 0 Å². The largest absolute Gasteiger partial charge is 0.372 e. The highest BCUT2D eigenvalue weighted by molar-refractivity contribution is 8.04. The lowest BCUT2D eigenvalue weighted by Gasteiger charge is -2.24. The van der Waals surface area contributed by atoms with Crippen LogP contribution in [0.2, 0.25) is 0 Å². The second kappa shape index (κ2) is 6.69. The molecule has 3 heteroatoms. The Morgan fingerprint density at radius 3 is 2.44 bits per heavy atom. The van der Waals surface area contributed by atoms with Crippen LogP contribution in [0.5, 0.6) is 0 Å². The predicted molar refractivity (Wildman–Crippen MR) is 109 cm³/mol. The van der Waals surface area contributed by atoms with E-state index < -0.39 is 0 Å². The normalized spacial score (nSPS) is 18.1. The zero-order chi connectivity index (χ0) is 17.2. The molecule has 1 heterocycles. The second-order valence-electron chi connectivity index (χ2n) is 6.19. The van der Waals surface area contributed by atoms with Crippen molar-refractivity contribution in [3.05, 3.63) is 102 Å². The minimum atomic E-state index is 0.189. The molecule has 0 aromatic heterocycles. The number of hydrogen-bond acceptors (Lipinski definition) is 3. The maximum absolute atomic E-state index is 4.37. The van der Waals surface area contributed by atoms with Crippen LogP contribution in [-0.2, 0) is 0 Å². The first-order valence-electron chi connectivity index (χ1n) is 8.36. The molecule has 0 bridgehead atoms. The Bertz CT molecular complexity index is 928. The number of benzene rings is 3. The van der Waals surface area contributed by atoms with E-state index in [1.54, 1.807) is 11.9 Å². The molecule has 1 unspecified atom stereocenters. The molecule has 1 atom stereocenters. The van der Waals surface area contributed by atoms with E-state index in [0.717, 1.165) is 22.8 Å². The first kappa shape index (κ1) is 15.9. The van der Waals surface area contributed by atoms with Crippen LogP contribution in [0.3, 0.4) is 0 Å². The third kappa shape index (κ3) is 3.15. The van der Waals surface area contributed by atoms with Crippen LogP contribution in [0.15, 0.2) is 96.7 Å². The molecule has 1 fully saturated rings. The Labute approximate surface area is 153 Å². The molecule has 0 radical (unpaired) electrons. The van der Waals surface area contributed by atoms with Crippen LogP contribution < -0.4 is 9.62 Å². The van der Waals surface area contributed by atoms with Gasteiger partial charge in [-0.15, -0.1) is 0 Å². The molecular formula is C22H20N2S. The fourth-order valence-corrected chi connectivity index (χ4v) is 4.13. The van der Waals surface area contributed by atoms with Crippen molar-refractivity contribution in [1.29, 1.82) is 0 Å². The summed E-state index contributed by atoms with van der Waals surface area (Å²) in [7, 11) is 0. The van der Waals surface area contributed by atoms with Gasteiger partial charge in [0.25, 0.3) is 0 Å². The Morgan fingerprint density at radius 1 is 0.880 bits per heavy atom. The number of hydrogen-bond donors (Lipinski definition) is 1. The number of rotatable bonds is 2. The summed E-state index contributed by atoms with van der Waals surface area (Å²) in [5.41, 5.74) is 3.48. The molecule has 25 heavy (non-hydrogen) atoms. The molecule has 0 saturated carbocycles. The SMILES string of the molecule is C=C1NC(c2ccccc2)CC(=C)N(c2cccc3ccccc23)S1. The monoisotopic (exact) mass is 344 g/mol. The minimum Gasteiger partial charge on any atom is -0.372 e. The summed E-state index contributed by atoms with van der Waals surface area (Å²) >= 11 is 1.61. The van der Waals surface area contributed by atoms with Crippen molar-refractivity contribution in [2.45, 2.75) is 12.5 Å². The third-order valence-electron chi connectivity index (χ3n) is 4.45. The summed E-state index contributed by atoms with van der Waals surface area (Å²) in [5.74, 6) is 0. The van der Waals surface area contributed by atoms with Gasteiger partial charge in [-0.25, -0.2) is 0 Å². The van der Waals surface area contributed by atoms with Gasteiger partial charge in [0, 0.05) is 29.5 Å². The highest BCUT2D eigenvalue weighted by atomic mass is 32.2. The average molecular weight is 344 g/mol. The molecular weight excluding hydrogens is 324 g/mol. The lowest BCUT2D eigenvalue weighted by Crippen LogP contribution is -2.17. The Kier molecular flexibility index (Phi) is 4.24. The first-order valence-corrected chi connectivity index (χ1v) is 9.14. The number of fused-ring (bicyclic) bond motifs is 1. The molecule has 4 rings (SSSR count). The van der Waals surface area contributed by atoms with Crippen LogP contribution in [0.1, 0.15) is 18.0 Å². The Hall–Kier alpha value is -2.65. The fraction of sp³-hybridized carbons (Fsp3) is 0.0909. The number of nitrogens with one attached hydrogen (secondary N) is 1. The lowest BCUT2D eigenvalue weighted by atomic mass is 10.0. The van der Waals surface area contributed by atoms with Crippen molar-refractivity contribution < 1.29 is 0 Å². The molecule has 1 N–H and O–H groups in total. The van der Waals surface area contributed by atoms with Gasteiger partial charge in [0.15, 0.2) is 0 Å². The Balaban J connectivity index is 1.71. The van der Waals surface area contributed by atoms with Gasteiger partial charge in [0.05, 0.1) is 16.8 Å². The molecule has 3 aromatic rings. The van der Waals surface area contributed by atoms with Crippen LogP contribution in [0, 0.1) is 0 Å². The summed E-state index contributed by atoms with van der Waals surface area (Å²) in [5, 5.41) is 6.93. The van der Waals surface area contributed by atoms with Crippen molar-refractivity contribution in [2.24, 2.45) is 0 Å². The zero-order valence-electron chi connectivity index (χ0n) is 14.0. The van der Waals surface area contributed by atoms with E-state index in [2.05, 4.69) is 89.5 Å². The minimum absolute atomic E-state index is 0.189. The standard InChI is InChI=1S/C22H20N2S/c1-16-15-21(19-10-4-3-5-11-19)23-17(2)25-24(16)22-14-8-12-18-9-6-7-13-20(18)22/h3-14,21,23H,1-2,15H2. The van der Waals surface area contributed by atoms with Gasteiger partial charge in [0.2, 0.25) is 0 Å².